The molecule has 0 radical (unpaired) electrons. The van der Waals surface area contributed by atoms with E-state index >= 15 is 0 Å². The molecule has 0 heterocycles. The fourth-order valence-electron chi connectivity index (χ4n) is 0. The maximum atomic E-state index is 8.74. The van der Waals surface area contributed by atoms with Gasteiger partial charge in [-0.25, -0.2) is 0 Å². The van der Waals surface area contributed by atoms with E-state index in [-0.39, 0.29) is 62.0 Å². The molecule has 0 rings (SSSR count). The summed E-state index contributed by atoms with van der Waals surface area (Å²) < 4.78 is 87.4. The molecule has 0 spiro atoms. The van der Waals surface area contributed by atoms with Crippen LogP contribution in [0, 0.1) is 0 Å². The molecule has 0 atom stereocenters. The first-order valence-corrected chi connectivity index (χ1v) is 19.5. The van der Waals surface area contributed by atoms with Crippen molar-refractivity contribution in [3.63, 3.8) is 0 Å². The van der Waals surface area contributed by atoms with Gasteiger partial charge in [-0.15, -0.1) is 0 Å². The second-order valence-corrected chi connectivity index (χ2v) is 8.48. The van der Waals surface area contributed by atoms with Gasteiger partial charge in [0.15, 0.2) is 0 Å². The van der Waals surface area contributed by atoms with Crippen molar-refractivity contribution in [3.8, 4) is 0 Å². The second-order valence-electron chi connectivity index (χ2n) is 2.83. The third kappa shape index (κ3) is 15700. The van der Waals surface area contributed by atoms with Crippen LogP contribution >= 0.6 is 0 Å². The van der Waals surface area contributed by atoms with E-state index in [1.54, 1.807) is 0 Å². The molecule has 0 aromatic rings. The largest absolute Gasteiger partial charge is 1.00 e. The molecule has 244 valence electrons. The van der Waals surface area contributed by atoms with Crippen molar-refractivity contribution in [2.24, 2.45) is 0 Å². The Morgan fingerprint density at radius 1 is 0.190 bits per heavy atom. The summed E-state index contributed by atoms with van der Waals surface area (Å²) in [7, 11) is -31.3. The average molecular weight is 829 g/mol. The van der Waals surface area contributed by atoms with Crippen LogP contribution in [-0.4, -0.2) is 188 Å². The summed E-state index contributed by atoms with van der Waals surface area (Å²) in [6.07, 6.45) is 0. The van der Waals surface area contributed by atoms with Crippen LogP contribution < -0.4 is 59.1 Å². The van der Waals surface area contributed by atoms with Gasteiger partial charge >= 0.3 is 151 Å². The molecule has 0 aliphatic carbocycles. The van der Waals surface area contributed by atoms with Gasteiger partial charge in [-0.3, -0.25) is 44.6 Å². The van der Waals surface area contributed by atoms with Crippen molar-refractivity contribution >= 4 is 91.7 Å². The van der Waals surface area contributed by atoms with E-state index < -0.39 is 91.7 Å². The minimum atomic E-state index is -3.13. The van der Waals surface area contributed by atoms with Crippen LogP contribution in [0.4, 0.5) is 0 Å². The Morgan fingerprint density at radius 3 is 0.190 bits per heavy atom. The van der Waals surface area contributed by atoms with Crippen LogP contribution in [0.5, 0.6) is 0 Å². The molecule has 30 nitrogen and oxygen atoms in total. The maximum absolute atomic E-state index is 8.74. The van der Waals surface area contributed by atoms with E-state index in [0.717, 1.165) is 0 Å². The SMILES string of the molecule is O=[Si](O)O.O=[Si](O)O.O=[Si](O)O.O=[Si](O)O.O=[Si](O)O.O=[Si](O)O.O=[Si](O)O.O=[Si](O)O.O=[Si](O)O.O=[Si](O)O.[H-].[H-].[Na+].[Na+]. The summed E-state index contributed by atoms with van der Waals surface area (Å²) in [5.74, 6) is 0. The van der Waals surface area contributed by atoms with Gasteiger partial charge in [-0.2, -0.15) is 0 Å². The fraction of sp³-hybridized carbons (Fsp3) is 0. The van der Waals surface area contributed by atoms with Crippen molar-refractivity contribution in [1.82, 2.24) is 0 Å². The first-order chi connectivity index (χ1) is 17.3. The van der Waals surface area contributed by atoms with Gasteiger partial charge in [-0.1, -0.05) is 0 Å². The molecule has 0 unspecified atom stereocenters. The summed E-state index contributed by atoms with van der Waals surface area (Å²) in [4.78, 5) is 143. The van der Waals surface area contributed by atoms with Gasteiger partial charge in [0.05, 0.1) is 0 Å². The van der Waals surface area contributed by atoms with Crippen molar-refractivity contribution in [2.75, 3.05) is 0 Å². The molecule has 42 heavy (non-hydrogen) atoms. The van der Waals surface area contributed by atoms with E-state index in [2.05, 4.69) is 0 Å². The van der Waals surface area contributed by atoms with Crippen molar-refractivity contribution in [2.45, 2.75) is 0 Å². The van der Waals surface area contributed by atoms with Crippen LogP contribution in [0.2, 0.25) is 0 Å². The summed E-state index contributed by atoms with van der Waals surface area (Å²) in [6, 6.07) is 0. The third-order valence-electron chi connectivity index (χ3n) is 0. The molecular weight excluding hydrogens is 807 g/mol. The Hall–Kier alpha value is -1.83. The first kappa shape index (κ1) is 77.7. The predicted octanol–water partition coefficient (Wildman–Crippen LogP) is -21.9. The van der Waals surface area contributed by atoms with E-state index in [9.17, 15) is 0 Å². The van der Waals surface area contributed by atoms with Crippen LogP contribution in [0.1, 0.15) is 2.85 Å². The van der Waals surface area contributed by atoms with Crippen molar-refractivity contribution < 1.29 is 203 Å². The molecule has 0 saturated heterocycles. The number of hydrogen-bond acceptors (Lipinski definition) is 10. The topological polar surface area (TPSA) is 575 Å². The molecule has 20 N–H and O–H groups in total. The quantitative estimate of drug-likeness (QED) is 0.101. The molecule has 0 fully saturated rings. The maximum Gasteiger partial charge on any atom is 1.00 e. The Balaban J connectivity index is -0.0000000187. The standard InChI is InChI=1S/2Na.10H2O3Si.2H/c;;10*1-4(2)3;;/h;;10*1-2H;;/q2*+1;;;;;;;;;;;2*-1. The molecule has 0 amide bonds. The van der Waals surface area contributed by atoms with E-state index in [1.165, 1.54) is 0 Å². The normalized spacial score (nSPS) is 5.71. The van der Waals surface area contributed by atoms with Gasteiger partial charge in [0.1, 0.15) is 0 Å². The van der Waals surface area contributed by atoms with Gasteiger partial charge in [0.25, 0.3) is 0 Å². The van der Waals surface area contributed by atoms with Crippen molar-refractivity contribution in [1.29, 1.82) is 0 Å². The summed E-state index contributed by atoms with van der Waals surface area (Å²) >= 11 is 0. The smallest absolute Gasteiger partial charge is 1.00 e. The van der Waals surface area contributed by atoms with Crippen molar-refractivity contribution in [3.05, 3.63) is 0 Å². The van der Waals surface area contributed by atoms with E-state index in [4.69, 9.17) is 141 Å². The molecule has 0 bridgehead atoms. The molecule has 0 aromatic heterocycles. The summed E-state index contributed by atoms with van der Waals surface area (Å²) in [5, 5.41) is 0. The zero-order chi connectivity index (χ0) is 35.8. The van der Waals surface area contributed by atoms with Gasteiger partial charge in [0, 0.05) is 0 Å². The summed E-state index contributed by atoms with van der Waals surface area (Å²) in [5.41, 5.74) is 0. The van der Waals surface area contributed by atoms with Crippen LogP contribution in [-0.2, 0) is 44.6 Å². The Kier molecular flexibility index (Phi) is 133. The Bertz CT molecular complexity index is 485. The molecule has 0 aliphatic rings. The predicted molar refractivity (Wildman–Crippen MR) is 111 cm³/mol. The minimum absolute atomic E-state index is 0. The zero-order valence-electron chi connectivity index (χ0n) is 22.0. The second kappa shape index (κ2) is 71.9. The van der Waals surface area contributed by atoms with Crippen LogP contribution in [0.15, 0.2) is 0 Å². The number of rotatable bonds is 0. The van der Waals surface area contributed by atoms with Gasteiger partial charge in [0.2, 0.25) is 0 Å². The van der Waals surface area contributed by atoms with E-state index in [1.807, 2.05) is 0 Å². The monoisotopic (exact) mass is 828 g/mol. The average Bonchev–Trinajstić information content (AvgIpc) is 2.47. The van der Waals surface area contributed by atoms with E-state index in [0.29, 0.717) is 0 Å². The zero-order valence-corrected chi connectivity index (χ0v) is 34.0. The fourth-order valence-corrected chi connectivity index (χ4v) is 0. The third-order valence-corrected chi connectivity index (χ3v) is 0. The Labute approximate surface area is 292 Å². The molecule has 42 heteroatoms. The molecular formula is H22Na2O30Si10. The molecule has 0 aliphatic heterocycles. The first-order valence-electron chi connectivity index (χ1n) is 6.51. The van der Waals surface area contributed by atoms with Gasteiger partial charge in [-0.05, 0) is 0 Å². The minimum Gasteiger partial charge on any atom is -1.00 e. The van der Waals surface area contributed by atoms with Gasteiger partial charge < -0.3 is 98.8 Å². The van der Waals surface area contributed by atoms with Crippen LogP contribution in [0.25, 0.3) is 0 Å². The van der Waals surface area contributed by atoms with Crippen LogP contribution in [0.3, 0.4) is 0 Å². The Morgan fingerprint density at radius 2 is 0.190 bits per heavy atom. The molecule has 0 saturated carbocycles. The summed E-state index contributed by atoms with van der Waals surface area (Å²) in [6.45, 7) is 0. The molecule has 0 aromatic carbocycles. The number of hydrogen-bond donors (Lipinski definition) is 20.